The minimum Gasteiger partial charge on any atom is -0.322 e. The number of carbonyl (C=O) groups excluding carboxylic acids is 1. The Kier molecular flexibility index (Phi) is 5.29. The summed E-state index contributed by atoms with van der Waals surface area (Å²) < 4.78 is 66.1. The summed E-state index contributed by atoms with van der Waals surface area (Å²) in [7, 11) is -3.80. The van der Waals surface area contributed by atoms with Crippen LogP contribution in [0.15, 0.2) is 84.3 Å². The van der Waals surface area contributed by atoms with Gasteiger partial charge in [0.25, 0.3) is 15.9 Å². The normalized spacial score (nSPS) is 14.3. The third kappa shape index (κ3) is 3.75. The lowest BCUT2D eigenvalue weighted by atomic mass is 10.00. The molecule has 1 heterocycles. The lowest BCUT2D eigenvalue weighted by Gasteiger charge is -2.31. The molecule has 1 N–H and O–H groups in total. The average Bonchev–Trinajstić information content (AvgIpc) is 2.76. The van der Waals surface area contributed by atoms with Crippen LogP contribution in [0.4, 0.5) is 24.5 Å². The van der Waals surface area contributed by atoms with Gasteiger partial charge < -0.3 is 5.32 Å². The van der Waals surface area contributed by atoms with Gasteiger partial charge in [0, 0.05) is 22.4 Å². The number of anilines is 2. The van der Waals surface area contributed by atoms with Gasteiger partial charge in [0.2, 0.25) is 0 Å². The Balaban J connectivity index is 1.74. The first-order chi connectivity index (χ1) is 15.1. The maximum absolute atomic E-state index is 13.0. The second-order valence-corrected chi connectivity index (χ2v) is 8.92. The lowest BCUT2D eigenvalue weighted by molar-refractivity contribution is -0.137. The van der Waals surface area contributed by atoms with Gasteiger partial charge in [-0.05, 0) is 42.5 Å². The van der Waals surface area contributed by atoms with E-state index >= 15 is 0 Å². The molecule has 9 heteroatoms. The highest BCUT2D eigenvalue weighted by atomic mass is 32.2. The highest BCUT2D eigenvalue weighted by molar-refractivity contribution is 7.93. The van der Waals surface area contributed by atoms with Crippen LogP contribution >= 0.6 is 0 Å². The van der Waals surface area contributed by atoms with E-state index < -0.39 is 27.7 Å². The van der Waals surface area contributed by atoms with E-state index in [1.807, 2.05) is 0 Å². The minimum atomic E-state index is -4.53. The van der Waals surface area contributed by atoms with E-state index in [0.717, 1.165) is 12.1 Å². The third-order valence-corrected chi connectivity index (χ3v) is 6.85. The molecular formula is C23H17F3N2O3S. The second-order valence-electron chi connectivity index (χ2n) is 7.09. The first-order valence-electron chi connectivity index (χ1n) is 9.48. The number of hydrogen-bond donors (Lipinski definition) is 1. The fourth-order valence-corrected chi connectivity index (χ4v) is 5.23. The number of carbonyl (C=O) groups is 1. The van der Waals surface area contributed by atoms with Crippen LogP contribution in [0.25, 0.3) is 11.1 Å². The van der Waals surface area contributed by atoms with Gasteiger partial charge >= 0.3 is 6.18 Å². The maximum atomic E-state index is 13.0. The van der Waals surface area contributed by atoms with Crippen molar-refractivity contribution in [3.63, 3.8) is 0 Å². The molecule has 0 fully saturated rings. The number of rotatable bonds is 4. The first kappa shape index (κ1) is 21.6. The fraction of sp³-hybridized carbons (Fsp3) is 0.0870. The summed E-state index contributed by atoms with van der Waals surface area (Å²) >= 11 is 0. The average molecular weight is 458 g/mol. The third-order valence-electron chi connectivity index (χ3n) is 5.02. The Morgan fingerprint density at radius 1 is 1.00 bits per heavy atom. The monoisotopic (exact) mass is 458 g/mol. The second kappa shape index (κ2) is 7.83. The summed E-state index contributed by atoms with van der Waals surface area (Å²) in [6.45, 7) is 3.66. The van der Waals surface area contributed by atoms with Crippen LogP contribution in [0, 0.1) is 0 Å². The zero-order chi connectivity index (χ0) is 23.1. The number of halogens is 3. The number of nitrogens with zero attached hydrogens (tertiary/aromatic N) is 1. The van der Waals surface area contributed by atoms with E-state index in [4.69, 9.17) is 0 Å². The molecule has 0 atom stereocenters. The van der Waals surface area contributed by atoms with Crippen LogP contribution in [0.3, 0.4) is 0 Å². The number of benzene rings is 3. The molecule has 1 aliphatic rings. The molecule has 0 saturated carbocycles. The first-order valence-corrected chi connectivity index (χ1v) is 10.9. The van der Waals surface area contributed by atoms with Gasteiger partial charge in [-0.25, -0.2) is 8.42 Å². The van der Waals surface area contributed by atoms with Crippen LogP contribution in [0.5, 0.6) is 0 Å². The molecule has 0 spiro atoms. The summed E-state index contributed by atoms with van der Waals surface area (Å²) in [5.74, 6) is -0.617. The number of sulfonamides is 1. The molecular weight excluding hydrogens is 441 g/mol. The standard InChI is InChI=1S/C23H17F3N2O3S/c1-2-12-28-20-11-10-15(13-19(20)18-8-3-4-9-21(18)32(28,30)31)22(29)27-17-7-5-6-16(14-17)23(24,25)26/h2-11,13-14H,1,12H2,(H,27,29). The van der Waals surface area contributed by atoms with Gasteiger partial charge in [-0.1, -0.05) is 30.3 Å². The highest BCUT2D eigenvalue weighted by Crippen LogP contribution is 2.43. The minimum absolute atomic E-state index is 0.00110. The number of nitrogens with one attached hydrogen (secondary N) is 1. The largest absolute Gasteiger partial charge is 0.416 e. The van der Waals surface area contributed by atoms with Gasteiger partial charge in [0.05, 0.1) is 22.7 Å². The van der Waals surface area contributed by atoms with Crippen molar-refractivity contribution in [2.24, 2.45) is 0 Å². The van der Waals surface area contributed by atoms with Crippen molar-refractivity contribution in [1.82, 2.24) is 0 Å². The van der Waals surface area contributed by atoms with Gasteiger partial charge in [0.15, 0.2) is 0 Å². The van der Waals surface area contributed by atoms with E-state index in [0.29, 0.717) is 16.8 Å². The molecule has 3 aromatic carbocycles. The van der Waals surface area contributed by atoms with Crippen molar-refractivity contribution in [3.8, 4) is 11.1 Å². The molecule has 0 bridgehead atoms. The van der Waals surface area contributed by atoms with Crippen molar-refractivity contribution in [1.29, 1.82) is 0 Å². The summed E-state index contributed by atoms with van der Waals surface area (Å²) in [4.78, 5) is 12.9. The van der Waals surface area contributed by atoms with Crippen LogP contribution in [0.1, 0.15) is 15.9 Å². The molecule has 3 aromatic rings. The van der Waals surface area contributed by atoms with Crippen molar-refractivity contribution in [3.05, 3.63) is 90.5 Å². The molecule has 32 heavy (non-hydrogen) atoms. The van der Waals surface area contributed by atoms with E-state index in [-0.39, 0.29) is 22.7 Å². The SMILES string of the molecule is C=CCN1c2ccc(C(=O)Nc3cccc(C(F)(F)F)c3)cc2-c2ccccc2S1(=O)=O. The lowest BCUT2D eigenvalue weighted by Crippen LogP contribution is -2.34. The van der Waals surface area contributed by atoms with Crippen molar-refractivity contribution in [2.75, 3.05) is 16.2 Å². The van der Waals surface area contributed by atoms with Crippen molar-refractivity contribution >= 4 is 27.3 Å². The van der Waals surface area contributed by atoms with Crippen molar-refractivity contribution < 1.29 is 26.4 Å². The highest BCUT2D eigenvalue weighted by Gasteiger charge is 2.34. The molecule has 1 aliphatic heterocycles. The van der Waals surface area contributed by atoms with Crippen LogP contribution in [0.2, 0.25) is 0 Å². The molecule has 0 saturated heterocycles. The predicted octanol–water partition coefficient (Wildman–Crippen LogP) is 5.32. The number of hydrogen-bond acceptors (Lipinski definition) is 3. The molecule has 4 rings (SSSR count). The Morgan fingerprint density at radius 2 is 1.75 bits per heavy atom. The van der Waals surface area contributed by atoms with Crippen LogP contribution in [-0.4, -0.2) is 20.9 Å². The van der Waals surface area contributed by atoms with Gasteiger partial charge in [-0.3, -0.25) is 9.10 Å². The Hall–Kier alpha value is -3.59. The fourth-order valence-electron chi connectivity index (χ4n) is 3.56. The number of fused-ring (bicyclic) bond motifs is 3. The molecule has 0 unspecified atom stereocenters. The van der Waals surface area contributed by atoms with Crippen molar-refractivity contribution in [2.45, 2.75) is 11.1 Å². The van der Waals surface area contributed by atoms with Gasteiger partial charge in [0.1, 0.15) is 0 Å². The summed E-state index contributed by atoms with van der Waals surface area (Å²) in [5, 5.41) is 2.47. The predicted molar refractivity (Wildman–Crippen MR) is 116 cm³/mol. The molecule has 164 valence electrons. The van der Waals surface area contributed by atoms with Gasteiger partial charge in [-0.2, -0.15) is 13.2 Å². The molecule has 1 amide bonds. The van der Waals surface area contributed by atoms with Crippen LogP contribution < -0.4 is 9.62 Å². The Bertz CT molecular complexity index is 1330. The summed E-state index contributed by atoms with van der Waals surface area (Å²) in [6.07, 6.45) is -3.07. The maximum Gasteiger partial charge on any atom is 0.416 e. The Morgan fingerprint density at radius 3 is 2.47 bits per heavy atom. The zero-order valence-corrected chi connectivity index (χ0v) is 17.4. The van der Waals surface area contributed by atoms with Crippen LogP contribution in [-0.2, 0) is 16.2 Å². The molecule has 0 aliphatic carbocycles. The van der Waals surface area contributed by atoms with E-state index in [2.05, 4.69) is 11.9 Å². The Labute approximate surface area is 182 Å². The topological polar surface area (TPSA) is 66.5 Å². The molecule has 0 aromatic heterocycles. The quantitative estimate of drug-likeness (QED) is 0.538. The zero-order valence-electron chi connectivity index (χ0n) is 16.6. The number of amides is 1. The molecule has 0 radical (unpaired) electrons. The van der Waals surface area contributed by atoms with E-state index in [1.165, 1.54) is 46.8 Å². The van der Waals surface area contributed by atoms with E-state index in [9.17, 15) is 26.4 Å². The number of alkyl halides is 3. The smallest absolute Gasteiger partial charge is 0.322 e. The summed E-state index contributed by atoms with van der Waals surface area (Å²) in [6, 6.07) is 15.2. The summed E-state index contributed by atoms with van der Waals surface area (Å²) in [5.41, 5.74) is 0.650. The molecule has 5 nitrogen and oxygen atoms in total. The van der Waals surface area contributed by atoms with E-state index in [1.54, 1.807) is 18.2 Å². The van der Waals surface area contributed by atoms with Gasteiger partial charge in [-0.15, -0.1) is 6.58 Å².